The lowest BCUT2D eigenvalue weighted by Crippen LogP contribution is -2.36. The number of aryl methyl sites for hydroxylation is 1. The number of carbonyl (C=O) groups excluding carboxylic acids is 1. The lowest BCUT2D eigenvalue weighted by Gasteiger charge is -2.23. The van der Waals surface area contributed by atoms with Gasteiger partial charge < -0.3 is 10.4 Å². The molecule has 0 saturated heterocycles. The highest BCUT2D eigenvalue weighted by atomic mass is 32.1. The van der Waals surface area contributed by atoms with Crippen LogP contribution in [0.3, 0.4) is 0 Å². The average molecular weight is 328 g/mol. The number of carboxylic acid groups (broad SMARTS) is 1. The molecule has 1 amide bonds. The van der Waals surface area contributed by atoms with E-state index in [-0.39, 0.29) is 17.7 Å². The van der Waals surface area contributed by atoms with Gasteiger partial charge in [0.1, 0.15) is 11.1 Å². The zero-order valence-electron chi connectivity index (χ0n) is 12.4. The number of anilines is 1. The van der Waals surface area contributed by atoms with E-state index in [1.54, 1.807) is 0 Å². The van der Waals surface area contributed by atoms with Crippen molar-refractivity contribution in [1.29, 1.82) is 5.26 Å². The quantitative estimate of drug-likeness (QED) is 0.834. The minimum Gasteiger partial charge on any atom is -0.481 e. The molecule has 3 aliphatic rings. The van der Waals surface area contributed by atoms with Crippen molar-refractivity contribution in [1.82, 2.24) is 0 Å². The van der Waals surface area contributed by atoms with E-state index in [0.717, 1.165) is 31.2 Å². The van der Waals surface area contributed by atoms with Gasteiger partial charge in [0.25, 0.3) is 0 Å². The molecule has 1 heterocycles. The Hall–Kier alpha value is -2.13. The summed E-state index contributed by atoms with van der Waals surface area (Å²) < 4.78 is 0. The summed E-state index contributed by atoms with van der Waals surface area (Å²) in [5.74, 6) is -2.40. The molecule has 0 unspecified atom stereocenters. The molecule has 0 aromatic carbocycles. The number of fused-ring (bicyclic) bond motifs is 3. The number of rotatable bonds is 3. The molecule has 1 aromatic heterocycles. The number of carboxylic acids is 1. The summed E-state index contributed by atoms with van der Waals surface area (Å²) in [4.78, 5) is 25.4. The monoisotopic (exact) mass is 328 g/mol. The number of hydrogen-bond acceptors (Lipinski definition) is 4. The molecule has 4 atom stereocenters. The third kappa shape index (κ3) is 2.11. The SMILES string of the molecule is N#Cc1c(NC(=O)[C@H]2[C@H](C(=O)O)[C@H]3C=C[C@H]2C3)sc2c1CCC2. The number of nitrogens with zero attached hydrogens (tertiary/aromatic N) is 1. The van der Waals surface area contributed by atoms with Crippen LogP contribution in [-0.2, 0) is 22.4 Å². The van der Waals surface area contributed by atoms with Gasteiger partial charge in [-0.2, -0.15) is 5.26 Å². The minimum atomic E-state index is -0.906. The fourth-order valence-corrected chi connectivity index (χ4v) is 5.56. The summed E-state index contributed by atoms with van der Waals surface area (Å²) in [6.07, 6.45) is 7.53. The second-order valence-corrected chi connectivity index (χ2v) is 7.61. The number of aliphatic carboxylic acids is 1. The van der Waals surface area contributed by atoms with Crippen molar-refractivity contribution in [3.63, 3.8) is 0 Å². The summed E-state index contributed by atoms with van der Waals surface area (Å²) in [6, 6.07) is 2.21. The fourth-order valence-electron chi connectivity index (χ4n) is 4.32. The van der Waals surface area contributed by atoms with Crippen molar-refractivity contribution >= 4 is 28.2 Å². The van der Waals surface area contributed by atoms with Gasteiger partial charge in [-0.25, -0.2) is 0 Å². The summed E-state index contributed by atoms with van der Waals surface area (Å²) >= 11 is 1.47. The third-order valence-electron chi connectivity index (χ3n) is 5.32. The Morgan fingerprint density at radius 2 is 2.00 bits per heavy atom. The Morgan fingerprint density at radius 1 is 1.26 bits per heavy atom. The van der Waals surface area contributed by atoms with E-state index in [4.69, 9.17) is 0 Å². The van der Waals surface area contributed by atoms with E-state index in [9.17, 15) is 20.0 Å². The van der Waals surface area contributed by atoms with E-state index in [1.807, 2.05) is 12.2 Å². The number of hydrogen-bond donors (Lipinski definition) is 2. The van der Waals surface area contributed by atoms with Crippen molar-refractivity contribution in [2.45, 2.75) is 25.7 Å². The van der Waals surface area contributed by atoms with Crippen molar-refractivity contribution in [3.8, 4) is 6.07 Å². The second-order valence-electron chi connectivity index (χ2n) is 6.50. The van der Waals surface area contributed by atoms with Crippen LogP contribution in [0.2, 0.25) is 0 Å². The fraction of sp³-hybridized carbons (Fsp3) is 0.471. The Morgan fingerprint density at radius 3 is 2.70 bits per heavy atom. The molecular weight excluding hydrogens is 312 g/mol. The molecule has 5 nitrogen and oxygen atoms in total. The van der Waals surface area contributed by atoms with Crippen LogP contribution in [0.15, 0.2) is 12.2 Å². The predicted octanol–water partition coefficient (Wildman–Crippen LogP) is 2.57. The smallest absolute Gasteiger partial charge is 0.307 e. The van der Waals surface area contributed by atoms with Crippen molar-refractivity contribution in [2.24, 2.45) is 23.7 Å². The molecule has 2 bridgehead atoms. The predicted molar refractivity (Wildman–Crippen MR) is 85.0 cm³/mol. The van der Waals surface area contributed by atoms with Gasteiger partial charge >= 0.3 is 5.97 Å². The molecule has 0 radical (unpaired) electrons. The number of allylic oxidation sites excluding steroid dienone is 2. The van der Waals surface area contributed by atoms with Gasteiger partial charge in [-0.15, -0.1) is 11.3 Å². The molecule has 1 saturated carbocycles. The first-order valence-electron chi connectivity index (χ1n) is 7.86. The van der Waals surface area contributed by atoms with Gasteiger partial charge in [-0.05, 0) is 43.1 Å². The summed E-state index contributed by atoms with van der Waals surface area (Å²) in [7, 11) is 0. The maximum atomic E-state index is 12.7. The second kappa shape index (κ2) is 5.20. The summed E-state index contributed by atoms with van der Waals surface area (Å²) in [6.45, 7) is 0. The van der Waals surface area contributed by atoms with Crippen LogP contribution >= 0.6 is 11.3 Å². The Labute approximate surface area is 137 Å². The number of carbonyl (C=O) groups is 2. The van der Waals surface area contributed by atoms with E-state index >= 15 is 0 Å². The lowest BCUT2D eigenvalue weighted by molar-refractivity contribution is -0.146. The van der Waals surface area contributed by atoms with E-state index < -0.39 is 17.8 Å². The van der Waals surface area contributed by atoms with E-state index in [1.165, 1.54) is 16.2 Å². The van der Waals surface area contributed by atoms with Gasteiger partial charge in [0.05, 0.1) is 17.4 Å². The minimum absolute atomic E-state index is 0.00144. The number of thiophene rings is 1. The van der Waals surface area contributed by atoms with Crippen LogP contribution in [0.1, 0.15) is 28.8 Å². The molecule has 2 N–H and O–H groups in total. The first kappa shape index (κ1) is 14.5. The first-order valence-corrected chi connectivity index (χ1v) is 8.68. The van der Waals surface area contributed by atoms with Gasteiger partial charge in [-0.1, -0.05) is 12.2 Å². The molecule has 6 heteroatoms. The van der Waals surface area contributed by atoms with E-state index in [2.05, 4.69) is 11.4 Å². The van der Waals surface area contributed by atoms with Gasteiger partial charge in [0.2, 0.25) is 5.91 Å². The highest BCUT2D eigenvalue weighted by Gasteiger charge is 2.51. The van der Waals surface area contributed by atoms with Crippen LogP contribution in [0, 0.1) is 35.0 Å². The maximum Gasteiger partial charge on any atom is 0.307 e. The molecule has 118 valence electrons. The lowest BCUT2D eigenvalue weighted by atomic mass is 9.82. The van der Waals surface area contributed by atoms with Crippen LogP contribution in [0.5, 0.6) is 0 Å². The molecule has 0 aliphatic heterocycles. The summed E-state index contributed by atoms with van der Waals surface area (Å²) in [5.41, 5.74) is 1.64. The van der Waals surface area contributed by atoms with Gasteiger partial charge in [0, 0.05) is 4.88 Å². The topological polar surface area (TPSA) is 90.2 Å². The Balaban J connectivity index is 1.61. The maximum absolute atomic E-state index is 12.7. The van der Waals surface area contributed by atoms with Crippen molar-refractivity contribution in [3.05, 3.63) is 28.2 Å². The highest BCUT2D eigenvalue weighted by Crippen LogP contribution is 2.49. The first-order chi connectivity index (χ1) is 11.1. The molecular formula is C17H16N2O3S. The zero-order chi connectivity index (χ0) is 16.1. The van der Waals surface area contributed by atoms with E-state index in [0.29, 0.717) is 10.6 Å². The van der Waals surface area contributed by atoms with Crippen LogP contribution < -0.4 is 5.32 Å². The van der Waals surface area contributed by atoms with Crippen LogP contribution in [0.25, 0.3) is 0 Å². The largest absolute Gasteiger partial charge is 0.481 e. The van der Waals surface area contributed by atoms with Crippen molar-refractivity contribution < 1.29 is 14.7 Å². The molecule has 1 aromatic rings. The summed E-state index contributed by atoms with van der Waals surface area (Å²) in [5, 5.41) is 22.3. The van der Waals surface area contributed by atoms with Gasteiger partial charge in [-0.3, -0.25) is 9.59 Å². The third-order valence-corrected chi connectivity index (χ3v) is 6.52. The Kier molecular flexibility index (Phi) is 3.27. The standard InChI is InChI=1S/C17H16N2O3S/c18-7-11-10-2-1-3-12(10)23-16(11)19-15(20)13-8-4-5-9(6-8)14(13)17(21)22/h4-5,8-9,13-14H,1-3,6H2,(H,19,20)(H,21,22)/t8-,9-,13+,14+/m0/s1. The van der Waals surface area contributed by atoms with Crippen LogP contribution in [0.4, 0.5) is 5.00 Å². The molecule has 4 rings (SSSR count). The molecule has 3 aliphatic carbocycles. The number of amides is 1. The molecule has 23 heavy (non-hydrogen) atoms. The van der Waals surface area contributed by atoms with Gasteiger partial charge in [0.15, 0.2) is 0 Å². The van der Waals surface area contributed by atoms with Crippen molar-refractivity contribution in [2.75, 3.05) is 5.32 Å². The normalized spacial score (nSPS) is 30.2. The molecule has 0 spiro atoms. The highest BCUT2D eigenvalue weighted by molar-refractivity contribution is 7.16. The Bertz CT molecular complexity index is 774. The zero-order valence-corrected chi connectivity index (χ0v) is 13.2. The number of nitrogens with one attached hydrogen (secondary N) is 1. The number of nitriles is 1. The molecule has 1 fully saturated rings. The van der Waals surface area contributed by atoms with Crippen LogP contribution in [-0.4, -0.2) is 17.0 Å². The average Bonchev–Trinajstić information content (AvgIpc) is 3.25.